The number of aliphatic hydroxyl groups excluding tert-OH is 1. The lowest BCUT2D eigenvalue weighted by Gasteiger charge is -2.39. The Balaban J connectivity index is 1.22. The van der Waals surface area contributed by atoms with E-state index in [0.29, 0.717) is 36.2 Å². The van der Waals surface area contributed by atoms with Crippen LogP contribution in [0.15, 0.2) is 42.7 Å². The fourth-order valence-electron chi connectivity index (χ4n) is 6.65. The van der Waals surface area contributed by atoms with Crippen LogP contribution in [-0.4, -0.2) is 83.0 Å². The van der Waals surface area contributed by atoms with Gasteiger partial charge >= 0.3 is 0 Å². The maximum absolute atomic E-state index is 13.6. The topological polar surface area (TPSA) is 108 Å². The number of fused-ring (bicyclic) bond motifs is 2. The van der Waals surface area contributed by atoms with Crippen LogP contribution in [0.1, 0.15) is 43.6 Å². The van der Waals surface area contributed by atoms with E-state index in [4.69, 9.17) is 0 Å². The van der Waals surface area contributed by atoms with Crippen molar-refractivity contribution in [1.82, 2.24) is 25.0 Å². The zero-order chi connectivity index (χ0) is 27.7. The summed E-state index contributed by atoms with van der Waals surface area (Å²) in [5.74, 6) is -2.01. The van der Waals surface area contributed by atoms with Gasteiger partial charge in [0.2, 0.25) is 0 Å². The summed E-state index contributed by atoms with van der Waals surface area (Å²) in [6.07, 6.45) is 6.00. The summed E-state index contributed by atoms with van der Waals surface area (Å²) in [4.78, 5) is 6.26. The van der Waals surface area contributed by atoms with Crippen molar-refractivity contribution in [2.75, 3.05) is 47.9 Å². The standard InChI is InChI=1S/C27H31F2N7O3S/c28-27(29)6-9-33(10-7-27)25-16-19(3-8-30-25)35-18-24(31-32-35)21-2-1-20-15-22(21)23-17-26(23)4-11-34(12-5-26)36(20)40(38,39)14-13-37/h1-3,8,15-16,18,23,37H,4-7,9-14,17H2. The summed E-state index contributed by atoms with van der Waals surface area (Å²) in [7, 11) is -3.73. The lowest BCUT2D eigenvalue weighted by Crippen LogP contribution is -2.51. The Labute approximate surface area is 231 Å². The average molecular weight is 572 g/mol. The quantitative estimate of drug-likeness (QED) is 0.481. The highest BCUT2D eigenvalue weighted by Crippen LogP contribution is 2.67. The fourth-order valence-corrected chi connectivity index (χ4v) is 8.01. The van der Waals surface area contributed by atoms with Gasteiger partial charge in [-0.05, 0) is 54.4 Å². The third-order valence-corrected chi connectivity index (χ3v) is 10.7. The first-order chi connectivity index (χ1) is 19.2. The molecule has 5 aliphatic rings. The van der Waals surface area contributed by atoms with Crippen molar-refractivity contribution in [1.29, 1.82) is 0 Å². The van der Waals surface area contributed by atoms with Gasteiger partial charge in [0.25, 0.3) is 15.9 Å². The number of piperidine rings is 2. The molecule has 3 fully saturated rings. The Morgan fingerprint density at radius 2 is 1.77 bits per heavy atom. The van der Waals surface area contributed by atoms with Crippen molar-refractivity contribution in [2.45, 2.75) is 43.9 Å². The van der Waals surface area contributed by atoms with Crippen LogP contribution < -0.4 is 9.31 Å². The van der Waals surface area contributed by atoms with Gasteiger partial charge in [0.15, 0.2) is 0 Å². The molecule has 1 spiro atoms. The molecule has 212 valence electrons. The van der Waals surface area contributed by atoms with Crippen LogP contribution in [0.2, 0.25) is 0 Å². The molecule has 1 aromatic carbocycles. The van der Waals surface area contributed by atoms with E-state index in [0.717, 1.165) is 36.1 Å². The molecule has 1 unspecified atom stereocenters. The number of alkyl halides is 2. The van der Waals surface area contributed by atoms with Crippen molar-refractivity contribution in [2.24, 2.45) is 5.41 Å². The van der Waals surface area contributed by atoms with Crippen molar-refractivity contribution in [3.8, 4) is 16.9 Å². The molecule has 13 heteroatoms. The van der Waals surface area contributed by atoms with E-state index in [1.165, 1.54) is 4.41 Å². The van der Waals surface area contributed by atoms with Crippen LogP contribution >= 0.6 is 0 Å². The van der Waals surface area contributed by atoms with Crippen LogP contribution in [0.3, 0.4) is 0 Å². The first kappa shape index (κ1) is 25.8. The number of aliphatic hydroxyl groups is 1. The molecular weight excluding hydrogens is 540 g/mol. The first-order valence-corrected chi connectivity index (χ1v) is 15.3. The molecule has 1 atom stereocenters. The van der Waals surface area contributed by atoms with Gasteiger partial charge in [-0.2, -0.15) is 4.41 Å². The van der Waals surface area contributed by atoms with Crippen molar-refractivity contribution < 1.29 is 22.3 Å². The van der Waals surface area contributed by atoms with E-state index in [2.05, 4.69) is 15.3 Å². The number of halogens is 2. The maximum Gasteiger partial charge on any atom is 0.251 e. The van der Waals surface area contributed by atoms with E-state index >= 15 is 0 Å². The van der Waals surface area contributed by atoms with Gasteiger partial charge in [-0.15, -0.1) is 5.10 Å². The zero-order valence-corrected chi connectivity index (χ0v) is 22.8. The average Bonchev–Trinajstić information content (AvgIpc) is 3.37. The number of anilines is 2. The normalized spacial score (nSPS) is 27.1. The number of hydrogen-bond acceptors (Lipinski definition) is 8. The number of hydrogen-bond donors (Lipinski definition) is 1. The Morgan fingerprint density at radius 1 is 1.00 bits per heavy atom. The summed E-state index contributed by atoms with van der Waals surface area (Å²) in [6.45, 7) is 1.36. The second-order valence-electron chi connectivity index (χ2n) is 11.4. The zero-order valence-electron chi connectivity index (χ0n) is 22.0. The molecule has 1 saturated carbocycles. The summed E-state index contributed by atoms with van der Waals surface area (Å²) in [5.41, 5.74) is 4.15. The first-order valence-electron chi connectivity index (χ1n) is 13.7. The van der Waals surface area contributed by atoms with E-state index in [-0.39, 0.29) is 37.1 Å². The fraction of sp³-hybridized carbons (Fsp3) is 0.519. The second-order valence-corrected chi connectivity index (χ2v) is 13.3. The maximum atomic E-state index is 13.6. The number of hydrazine groups is 1. The molecule has 2 saturated heterocycles. The Morgan fingerprint density at radius 3 is 2.52 bits per heavy atom. The minimum Gasteiger partial charge on any atom is -0.395 e. The molecule has 4 aliphatic heterocycles. The highest BCUT2D eigenvalue weighted by molar-refractivity contribution is 7.92. The van der Waals surface area contributed by atoms with Crippen LogP contribution in [-0.2, 0) is 10.0 Å². The lowest BCUT2D eigenvalue weighted by molar-refractivity contribution is -0.0221. The Hall–Kier alpha value is -3.16. The molecule has 8 rings (SSSR count). The third-order valence-electron chi connectivity index (χ3n) is 9.01. The van der Waals surface area contributed by atoms with Gasteiger partial charge in [0, 0.05) is 56.8 Å². The van der Waals surface area contributed by atoms with Gasteiger partial charge in [0.1, 0.15) is 11.5 Å². The molecule has 1 N–H and O–H groups in total. The predicted octanol–water partition coefficient (Wildman–Crippen LogP) is 3.19. The molecule has 2 aromatic heterocycles. The molecule has 1 aliphatic carbocycles. The minimum absolute atomic E-state index is 0.169. The molecule has 3 aromatic rings. The smallest absolute Gasteiger partial charge is 0.251 e. The van der Waals surface area contributed by atoms with Crippen LogP contribution in [0.4, 0.5) is 20.3 Å². The third kappa shape index (κ3) is 4.34. The predicted molar refractivity (Wildman–Crippen MR) is 145 cm³/mol. The number of rotatable bonds is 6. The van der Waals surface area contributed by atoms with E-state index in [1.807, 2.05) is 34.3 Å². The highest BCUT2D eigenvalue weighted by Gasteiger charge is 2.57. The molecule has 4 bridgehead atoms. The number of pyridine rings is 1. The number of benzene rings is 1. The Kier molecular flexibility index (Phi) is 5.92. The van der Waals surface area contributed by atoms with Crippen LogP contribution in [0.5, 0.6) is 0 Å². The van der Waals surface area contributed by atoms with Crippen LogP contribution in [0, 0.1) is 5.41 Å². The molecule has 6 heterocycles. The monoisotopic (exact) mass is 571 g/mol. The van der Waals surface area contributed by atoms with Gasteiger partial charge in [-0.25, -0.2) is 31.9 Å². The highest BCUT2D eigenvalue weighted by atomic mass is 32.2. The van der Waals surface area contributed by atoms with E-state index in [9.17, 15) is 22.3 Å². The summed E-state index contributed by atoms with van der Waals surface area (Å²) >= 11 is 0. The summed E-state index contributed by atoms with van der Waals surface area (Å²) < 4.78 is 56.7. The van der Waals surface area contributed by atoms with Gasteiger partial charge in [-0.3, -0.25) is 0 Å². The van der Waals surface area contributed by atoms with Gasteiger partial charge in [0.05, 0.1) is 29.9 Å². The molecule has 0 radical (unpaired) electrons. The van der Waals surface area contributed by atoms with Crippen molar-refractivity contribution >= 4 is 21.5 Å². The van der Waals surface area contributed by atoms with Crippen molar-refractivity contribution in [3.63, 3.8) is 0 Å². The molecular formula is C27H31F2N7O3S. The van der Waals surface area contributed by atoms with Gasteiger partial charge < -0.3 is 10.0 Å². The summed E-state index contributed by atoms with van der Waals surface area (Å²) in [6, 6.07) is 9.33. The van der Waals surface area contributed by atoms with Crippen LogP contribution in [0.25, 0.3) is 16.9 Å². The van der Waals surface area contributed by atoms with Gasteiger partial charge in [-0.1, -0.05) is 11.3 Å². The summed E-state index contributed by atoms with van der Waals surface area (Å²) in [5, 5.41) is 20.2. The van der Waals surface area contributed by atoms with Crippen molar-refractivity contribution in [3.05, 3.63) is 48.3 Å². The number of aromatic nitrogens is 4. The Bertz CT molecular complexity index is 1540. The molecule has 40 heavy (non-hydrogen) atoms. The van der Waals surface area contributed by atoms with E-state index in [1.54, 1.807) is 23.0 Å². The number of nitrogens with zero attached hydrogens (tertiary/aromatic N) is 7. The largest absolute Gasteiger partial charge is 0.395 e. The molecule has 10 nitrogen and oxygen atoms in total. The molecule has 0 amide bonds. The lowest BCUT2D eigenvalue weighted by atomic mass is 9.88. The number of sulfonamides is 1. The SMILES string of the molecule is O=S(=O)(CCO)N1c2ccc(-c3cn(-c4ccnc(N5CCC(F)(F)CC5)c4)nn3)c(c2)C2CC23CCN1CC3. The minimum atomic E-state index is -3.73. The van der Waals surface area contributed by atoms with E-state index < -0.39 is 22.6 Å². The second kappa shape index (κ2) is 9.18.